The number of nitrogens with two attached hydrogens (primary N) is 1. The number of hydrogen-bond acceptors (Lipinski definition) is 7. The lowest BCUT2D eigenvalue weighted by Gasteiger charge is -2.23. The fourth-order valence-electron chi connectivity index (χ4n) is 3.35. The van der Waals surface area contributed by atoms with E-state index in [4.69, 9.17) is 27.5 Å². The van der Waals surface area contributed by atoms with Crippen molar-refractivity contribution in [2.75, 3.05) is 33.4 Å². The quantitative estimate of drug-likeness (QED) is 0.170. The Balaban J connectivity index is 2.06. The van der Waals surface area contributed by atoms with E-state index in [2.05, 4.69) is 20.6 Å². The number of nitrogens with zero attached hydrogens (tertiary/aromatic N) is 3. The molecule has 34 heavy (non-hydrogen) atoms. The predicted octanol–water partition coefficient (Wildman–Crippen LogP) is 1.44. The molecule has 6 N–H and O–H groups in total. The molecule has 0 aliphatic carbocycles. The molecule has 184 valence electrons. The van der Waals surface area contributed by atoms with Gasteiger partial charge >= 0.3 is 0 Å². The maximum atomic E-state index is 12.7. The second-order valence-electron chi connectivity index (χ2n) is 7.44. The summed E-state index contributed by atoms with van der Waals surface area (Å²) in [6, 6.07) is 5.41. The number of carbonyl (C=O) groups is 1. The highest BCUT2D eigenvalue weighted by Crippen LogP contribution is 2.24. The average molecular weight is 490 g/mol. The van der Waals surface area contributed by atoms with Gasteiger partial charge in [0.25, 0.3) is 0 Å². The van der Waals surface area contributed by atoms with Crippen LogP contribution in [0, 0.1) is 5.41 Å². The van der Waals surface area contributed by atoms with E-state index in [1.165, 1.54) is 24.7 Å². The van der Waals surface area contributed by atoms with Gasteiger partial charge in [-0.15, -0.1) is 0 Å². The highest BCUT2D eigenvalue weighted by Gasteiger charge is 2.25. The molecule has 0 unspecified atom stereocenters. The van der Waals surface area contributed by atoms with Gasteiger partial charge in [0.1, 0.15) is 5.75 Å². The molecule has 0 saturated carbocycles. The van der Waals surface area contributed by atoms with Gasteiger partial charge in [-0.1, -0.05) is 17.7 Å². The Labute approximate surface area is 204 Å². The van der Waals surface area contributed by atoms with Crippen LogP contribution in [-0.4, -0.2) is 73.7 Å². The molecule has 1 heterocycles. The van der Waals surface area contributed by atoms with Gasteiger partial charge in [0, 0.05) is 50.0 Å². The van der Waals surface area contributed by atoms with Crippen molar-refractivity contribution in [3.63, 3.8) is 0 Å². The van der Waals surface area contributed by atoms with E-state index in [0.29, 0.717) is 29.4 Å². The monoisotopic (exact) mass is 489 g/mol. The number of amides is 1. The first-order valence-corrected chi connectivity index (χ1v) is 11.3. The number of guanidine groups is 1. The molecule has 1 aromatic rings. The Morgan fingerprint density at radius 1 is 1.47 bits per heavy atom. The fourth-order valence-corrected chi connectivity index (χ4v) is 3.63. The minimum Gasteiger partial charge on any atom is -0.495 e. The van der Waals surface area contributed by atoms with Crippen molar-refractivity contribution < 1.29 is 14.6 Å². The van der Waals surface area contributed by atoms with Gasteiger partial charge in [0.2, 0.25) is 5.91 Å². The molecule has 1 amide bonds. The van der Waals surface area contributed by atoms with Crippen molar-refractivity contribution >= 4 is 35.9 Å². The van der Waals surface area contributed by atoms with E-state index in [0.717, 1.165) is 24.6 Å². The van der Waals surface area contributed by atoms with Crippen LogP contribution < -0.4 is 21.1 Å². The fraction of sp³-hybridized carbons (Fsp3) is 0.391. The summed E-state index contributed by atoms with van der Waals surface area (Å²) >= 11 is 6.18. The zero-order valence-corrected chi connectivity index (χ0v) is 20.0. The van der Waals surface area contributed by atoms with Crippen molar-refractivity contribution in [1.82, 2.24) is 15.5 Å². The Kier molecular flexibility index (Phi) is 11.8. The van der Waals surface area contributed by atoms with E-state index >= 15 is 0 Å². The lowest BCUT2D eigenvalue weighted by Crippen LogP contribution is -2.42. The zero-order valence-electron chi connectivity index (χ0n) is 19.2. The number of nitrogens with one attached hydrogen (secondary N) is 3. The number of hydrogen-bond donors (Lipinski definition) is 5. The van der Waals surface area contributed by atoms with Gasteiger partial charge in [-0.3, -0.25) is 9.79 Å². The number of allylic oxidation sites excluding steroid dienone is 1. The number of carbonyl (C=O) groups excluding carboxylic acids is 1. The highest BCUT2D eigenvalue weighted by molar-refractivity contribution is 6.32. The van der Waals surface area contributed by atoms with E-state index in [1.54, 1.807) is 19.2 Å². The van der Waals surface area contributed by atoms with Crippen LogP contribution in [0.2, 0.25) is 5.02 Å². The number of methoxy groups -OCH3 is 1. The van der Waals surface area contributed by atoms with E-state index in [9.17, 15) is 9.90 Å². The number of benzene rings is 1. The van der Waals surface area contributed by atoms with Gasteiger partial charge in [0.05, 0.1) is 31.3 Å². The number of likely N-dealkylation sites (tertiary alicyclic amines) is 1. The number of aliphatic imine (C=N–C) groups is 2. The van der Waals surface area contributed by atoms with Crippen molar-refractivity contribution in [3.8, 4) is 5.75 Å². The minimum atomic E-state index is -0.320. The normalized spacial score (nSPS) is 17.0. The van der Waals surface area contributed by atoms with Gasteiger partial charge < -0.3 is 36.5 Å². The molecule has 0 radical (unpaired) electrons. The molecule has 0 aromatic heterocycles. The SMILES string of the molecule is COc1ccc(CNC/C(=C\N=C(/N)N2CCC[C@H]2CO)C(=O)NC/C=N/C=C\C=N)cc1Cl. The highest BCUT2D eigenvalue weighted by atomic mass is 35.5. The first-order chi connectivity index (χ1) is 16.5. The van der Waals surface area contributed by atoms with Gasteiger partial charge in [-0.25, -0.2) is 4.99 Å². The van der Waals surface area contributed by atoms with Crippen molar-refractivity contribution in [2.45, 2.75) is 25.4 Å². The molecule has 1 aliphatic heterocycles. The summed E-state index contributed by atoms with van der Waals surface area (Å²) in [6.07, 6.45) is 8.78. The summed E-state index contributed by atoms with van der Waals surface area (Å²) in [5.41, 5.74) is 7.43. The summed E-state index contributed by atoms with van der Waals surface area (Å²) in [6.45, 7) is 1.64. The van der Waals surface area contributed by atoms with Gasteiger partial charge in [0.15, 0.2) is 5.96 Å². The second-order valence-corrected chi connectivity index (χ2v) is 7.84. The summed E-state index contributed by atoms with van der Waals surface area (Å²) in [5.74, 6) is 0.539. The van der Waals surface area contributed by atoms with Gasteiger partial charge in [-0.2, -0.15) is 0 Å². The second kappa shape index (κ2) is 14.8. The molecule has 1 fully saturated rings. The summed E-state index contributed by atoms with van der Waals surface area (Å²) in [4.78, 5) is 22.8. The topological polar surface area (TPSA) is 148 Å². The number of ether oxygens (including phenoxy) is 1. The van der Waals surface area contributed by atoms with E-state index in [1.807, 2.05) is 11.0 Å². The third-order valence-electron chi connectivity index (χ3n) is 5.11. The lowest BCUT2D eigenvalue weighted by molar-refractivity contribution is -0.117. The summed E-state index contributed by atoms with van der Waals surface area (Å²) < 4.78 is 5.17. The van der Waals surface area contributed by atoms with Crippen LogP contribution in [0.3, 0.4) is 0 Å². The third-order valence-corrected chi connectivity index (χ3v) is 5.41. The first kappa shape index (κ1) is 27.0. The average Bonchev–Trinajstić information content (AvgIpc) is 3.32. The van der Waals surface area contributed by atoms with Crippen molar-refractivity contribution in [1.29, 1.82) is 5.41 Å². The molecule has 1 aliphatic rings. The molecule has 1 saturated heterocycles. The summed E-state index contributed by atoms with van der Waals surface area (Å²) in [5, 5.41) is 22.9. The molecular formula is C23H32ClN7O3. The third kappa shape index (κ3) is 8.62. The minimum absolute atomic E-state index is 0.00497. The van der Waals surface area contributed by atoms with E-state index in [-0.39, 0.29) is 37.6 Å². The molecule has 10 nitrogen and oxygen atoms in total. The lowest BCUT2D eigenvalue weighted by atomic mass is 10.2. The van der Waals surface area contributed by atoms with Crippen LogP contribution in [0.1, 0.15) is 18.4 Å². The Bertz CT molecular complexity index is 946. The molecule has 0 bridgehead atoms. The van der Waals surface area contributed by atoms with Crippen LogP contribution in [0.15, 0.2) is 52.2 Å². The zero-order chi connectivity index (χ0) is 24.8. The Morgan fingerprint density at radius 2 is 2.29 bits per heavy atom. The molecule has 2 rings (SSSR count). The van der Waals surface area contributed by atoms with Crippen molar-refractivity contribution in [3.05, 3.63) is 52.8 Å². The molecule has 1 aromatic carbocycles. The standard InChI is InChI=1S/C23H32ClN7O3/c1-34-21-6-5-17(12-20(21)24)13-28-14-18(22(33)29-10-9-27-8-3-7-25)15-30-23(26)31-11-2-4-19(31)16-32/h3,5-9,12,15,19,25,28,32H,2,4,10-11,13-14,16H2,1H3,(H2,26,30)(H,29,33)/b8-3-,18-15+,25-7?,27-9+/t19-/m0/s1. The number of aliphatic hydroxyl groups excluding tert-OH is 1. The van der Waals surface area contributed by atoms with Crippen LogP contribution in [-0.2, 0) is 11.3 Å². The number of aliphatic hydroxyl groups is 1. The maximum Gasteiger partial charge on any atom is 0.250 e. The largest absolute Gasteiger partial charge is 0.495 e. The molecule has 1 atom stereocenters. The molecular weight excluding hydrogens is 458 g/mol. The summed E-state index contributed by atoms with van der Waals surface area (Å²) in [7, 11) is 1.56. The van der Waals surface area contributed by atoms with Gasteiger partial charge in [-0.05, 0) is 36.6 Å². The smallest absolute Gasteiger partial charge is 0.250 e. The first-order valence-electron chi connectivity index (χ1n) is 10.9. The Hall–Kier alpha value is -3.21. The van der Waals surface area contributed by atoms with E-state index < -0.39 is 0 Å². The molecule has 0 spiro atoms. The Morgan fingerprint density at radius 3 is 3.00 bits per heavy atom. The molecule has 11 heteroatoms. The number of rotatable bonds is 12. The van der Waals surface area contributed by atoms with Crippen LogP contribution >= 0.6 is 11.6 Å². The number of halogens is 1. The van der Waals surface area contributed by atoms with Crippen LogP contribution in [0.25, 0.3) is 0 Å². The van der Waals surface area contributed by atoms with Crippen LogP contribution in [0.5, 0.6) is 5.75 Å². The maximum absolute atomic E-state index is 12.7. The van der Waals surface area contributed by atoms with Crippen LogP contribution in [0.4, 0.5) is 0 Å². The van der Waals surface area contributed by atoms with Crippen molar-refractivity contribution in [2.24, 2.45) is 15.7 Å². The predicted molar refractivity (Wildman–Crippen MR) is 136 cm³/mol.